The largest absolute Gasteiger partial charge is 0.379 e. The van der Waals surface area contributed by atoms with E-state index in [1.165, 1.54) is 12.8 Å². The van der Waals surface area contributed by atoms with Gasteiger partial charge in [-0.15, -0.1) is 0 Å². The van der Waals surface area contributed by atoms with Crippen LogP contribution in [-0.4, -0.2) is 43.3 Å². The van der Waals surface area contributed by atoms with Crippen molar-refractivity contribution in [2.45, 2.75) is 31.8 Å². The summed E-state index contributed by atoms with van der Waals surface area (Å²) in [6.07, 6.45) is 2.76. The fourth-order valence-electron chi connectivity index (χ4n) is 2.31. The summed E-state index contributed by atoms with van der Waals surface area (Å²) < 4.78 is 5.42. The van der Waals surface area contributed by atoms with Gasteiger partial charge in [0.05, 0.1) is 13.2 Å². The summed E-state index contributed by atoms with van der Waals surface area (Å²) in [6, 6.07) is 1.18. The van der Waals surface area contributed by atoms with Gasteiger partial charge in [-0.25, -0.2) is 0 Å². The number of hydrogen-bond donors (Lipinski definition) is 1. The third-order valence-electron chi connectivity index (χ3n) is 3.25. The Hall–Kier alpha value is -0.120. The van der Waals surface area contributed by atoms with E-state index in [0.29, 0.717) is 12.1 Å². The van der Waals surface area contributed by atoms with E-state index in [4.69, 9.17) is 10.5 Å². The van der Waals surface area contributed by atoms with Crippen molar-refractivity contribution in [3.05, 3.63) is 0 Å². The molecular formula is C10H20N2O. The Morgan fingerprint density at radius 1 is 1.54 bits per heavy atom. The van der Waals surface area contributed by atoms with Crippen LogP contribution in [0.3, 0.4) is 0 Å². The summed E-state index contributed by atoms with van der Waals surface area (Å²) in [5, 5.41) is 0. The average Bonchev–Trinajstić information content (AvgIpc) is 2.93. The van der Waals surface area contributed by atoms with E-state index >= 15 is 0 Å². The molecule has 2 unspecified atom stereocenters. The summed E-state index contributed by atoms with van der Waals surface area (Å²) in [4.78, 5) is 2.54. The molecular weight excluding hydrogens is 164 g/mol. The van der Waals surface area contributed by atoms with E-state index in [9.17, 15) is 0 Å². The molecule has 3 nitrogen and oxygen atoms in total. The second kappa shape index (κ2) is 3.95. The van der Waals surface area contributed by atoms with Crippen molar-refractivity contribution in [3.63, 3.8) is 0 Å². The lowest BCUT2D eigenvalue weighted by Crippen LogP contribution is -2.52. The predicted octanol–water partition coefficient (Wildman–Crippen LogP) is 0.444. The fraction of sp³-hybridized carbons (Fsp3) is 1.00. The van der Waals surface area contributed by atoms with Gasteiger partial charge in [0.15, 0.2) is 0 Å². The molecule has 0 spiro atoms. The minimum atomic E-state index is 0.558. The standard InChI is InChI=1S/C10H20N2O/c1-8-7-13-5-4-12(8)10(6-11)9-2-3-9/h8-10H,2-7,11H2,1H3. The van der Waals surface area contributed by atoms with Crippen molar-refractivity contribution in [2.24, 2.45) is 11.7 Å². The maximum Gasteiger partial charge on any atom is 0.0619 e. The maximum atomic E-state index is 5.82. The van der Waals surface area contributed by atoms with Crippen LogP contribution in [0.5, 0.6) is 0 Å². The molecule has 3 heteroatoms. The van der Waals surface area contributed by atoms with Gasteiger partial charge in [0.2, 0.25) is 0 Å². The molecule has 0 bridgehead atoms. The van der Waals surface area contributed by atoms with Crippen molar-refractivity contribution >= 4 is 0 Å². The monoisotopic (exact) mass is 184 g/mol. The van der Waals surface area contributed by atoms with Crippen LogP contribution in [0.1, 0.15) is 19.8 Å². The van der Waals surface area contributed by atoms with E-state index in [1.807, 2.05) is 0 Å². The molecule has 0 amide bonds. The van der Waals surface area contributed by atoms with E-state index in [2.05, 4.69) is 11.8 Å². The molecule has 2 N–H and O–H groups in total. The molecule has 1 heterocycles. The molecule has 0 radical (unpaired) electrons. The zero-order chi connectivity index (χ0) is 9.26. The Morgan fingerprint density at radius 2 is 2.31 bits per heavy atom. The number of hydrogen-bond acceptors (Lipinski definition) is 3. The van der Waals surface area contributed by atoms with Crippen LogP contribution in [0.4, 0.5) is 0 Å². The van der Waals surface area contributed by atoms with Crippen LogP contribution in [0, 0.1) is 5.92 Å². The van der Waals surface area contributed by atoms with Gasteiger partial charge in [0.25, 0.3) is 0 Å². The Morgan fingerprint density at radius 3 is 2.85 bits per heavy atom. The Kier molecular flexibility index (Phi) is 2.86. The van der Waals surface area contributed by atoms with Gasteiger partial charge in [0.1, 0.15) is 0 Å². The molecule has 13 heavy (non-hydrogen) atoms. The summed E-state index contributed by atoms with van der Waals surface area (Å²) in [7, 11) is 0. The smallest absolute Gasteiger partial charge is 0.0619 e. The molecule has 2 atom stereocenters. The zero-order valence-corrected chi connectivity index (χ0v) is 8.41. The third-order valence-corrected chi connectivity index (χ3v) is 3.25. The lowest BCUT2D eigenvalue weighted by molar-refractivity contribution is -0.0245. The average molecular weight is 184 g/mol. The van der Waals surface area contributed by atoms with Gasteiger partial charge in [0, 0.05) is 25.2 Å². The van der Waals surface area contributed by atoms with Crippen molar-refractivity contribution in [1.82, 2.24) is 4.90 Å². The second-order valence-electron chi connectivity index (χ2n) is 4.30. The van der Waals surface area contributed by atoms with Gasteiger partial charge in [-0.2, -0.15) is 0 Å². The highest BCUT2D eigenvalue weighted by molar-refractivity contribution is 4.91. The summed E-state index contributed by atoms with van der Waals surface area (Å²) in [5.41, 5.74) is 5.82. The van der Waals surface area contributed by atoms with Crippen LogP contribution in [-0.2, 0) is 4.74 Å². The van der Waals surface area contributed by atoms with E-state index in [0.717, 1.165) is 32.2 Å². The van der Waals surface area contributed by atoms with E-state index in [-0.39, 0.29) is 0 Å². The van der Waals surface area contributed by atoms with Crippen molar-refractivity contribution in [2.75, 3.05) is 26.3 Å². The first-order valence-electron chi connectivity index (χ1n) is 5.36. The molecule has 76 valence electrons. The SMILES string of the molecule is CC1COCCN1C(CN)C1CC1. The van der Waals surface area contributed by atoms with E-state index in [1.54, 1.807) is 0 Å². The van der Waals surface area contributed by atoms with Crippen molar-refractivity contribution in [1.29, 1.82) is 0 Å². The first kappa shape index (κ1) is 9.44. The Balaban J connectivity index is 1.94. The minimum absolute atomic E-state index is 0.558. The normalized spacial score (nSPS) is 33.2. The van der Waals surface area contributed by atoms with Gasteiger partial charge < -0.3 is 10.5 Å². The highest BCUT2D eigenvalue weighted by atomic mass is 16.5. The first-order chi connectivity index (χ1) is 6.33. The fourth-order valence-corrected chi connectivity index (χ4v) is 2.31. The Bertz CT molecular complexity index is 170. The van der Waals surface area contributed by atoms with E-state index < -0.39 is 0 Å². The van der Waals surface area contributed by atoms with Crippen LogP contribution in [0.2, 0.25) is 0 Å². The molecule has 2 fully saturated rings. The lowest BCUT2D eigenvalue weighted by Gasteiger charge is -2.39. The molecule has 2 aliphatic rings. The van der Waals surface area contributed by atoms with Crippen molar-refractivity contribution < 1.29 is 4.74 Å². The van der Waals surface area contributed by atoms with Crippen LogP contribution in [0.25, 0.3) is 0 Å². The van der Waals surface area contributed by atoms with Crippen LogP contribution >= 0.6 is 0 Å². The second-order valence-corrected chi connectivity index (χ2v) is 4.30. The summed E-state index contributed by atoms with van der Waals surface area (Å²) in [5.74, 6) is 0.880. The van der Waals surface area contributed by atoms with Gasteiger partial charge >= 0.3 is 0 Å². The molecule has 1 saturated heterocycles. The number of morpholine rings is 1. The van der Waals surface area contributed by atoms with Crippen LogP contribution in [0.15, 0.2) is 0 Å². The minimum Gasteiger partial charge on any atom is -0.379 e. The predicted molar refractivity (Wildman–Crippen MR) is 52.6 cm³/mol. The zero-order valence-electron chi connectivity index (χ0n) is 8.41. The molecule has 2 rings (SSSR count). The summed E-state index contributed by atoms with van der Waals surface area (Å²) >= 11 is 0. The highest BCUT2D eigenvalue weighted by Crippen LogP contribution is 2.35. The molecule has 1 saturated carbocycles. The molecule has 0 aromatic carbocycles. The topological polar surface area (TPSA) is 38.5 Å². The molecule has 0 aromatic rings. The number of nitrogens with zero attached hydrogens (tertiary/aromatic N) is 1. The van der Waals surface area contributed by atoms with Crippen molar-refractivity contribution in [3.8, 4) is 0 Å². The molecule has 1 aliphatic heterocycles. The quantitative estimate of drug-likeness (QED) is 0.692. The molecule has 0 aromatic heterocycles. The molecule has 1 aliphatic carbocycles. The number of nitrogens with two attached hydrogens (primary N) is 1. The van der Waals surface area contributed by atoms with Gasteiger partial charge in [-0.1, -0.05) is 0 Å². The summed E-state index contributed by atoms with van der Waals surface area (Å²) in [6.45, 7) is 5.88. The first-order valence-corrected chi connectivity index (χ1v) is 5.36. The lowest BCUT2D eigenvalue weighted by atomic mass is 10.1. The maximum absolute atomic E-state index is 5.82. The third kappa shape index (κ3) is 2.03. The number of ether oxygens (including phenoxy) is 1. The van der Waals surface area contributed by atoms with Crippen LogP contribution < -0.4 is 5.73 Å². The number of rotatable bonds is 3. The van der Waals surface area contributed by atoms with Gasteiger partial charge in [-0.05, 0) is 25.7 Å². The van der Waals surface area contributed by atoms with Gasteiger partial charge in [-0.3, -0.25) is 4.90 Å². The highest BCUT2D eigenvalue weighted by Gasteiger charge is 2.36. The Labute approximate surface area is 80.2 Å².